The molecule has 0 aliphatic carbocycles. The number of benzene rings is 1. The van der Waals surface area contributed by atoms with Crippen LogP contribution in [-0.4, -0.2) is 90.3 Å². The molecule has 192 valence electrons. The van der Waals surface area contributed by atoms with Gasteiger partial charge in [-0.2, -0.15) is 0 Å². The van der Waals surface area contributed by atoms with Crippen molar-refractivity contribution in [2.75, 3.05) is 20.1 Å². The third kappa shape index (κ3) is 6.79. The van der Waals surface area contributed by atoms with Crippen LogP contribution < -0.4 is 0 Å². The number of carbonyl (C=O) groups is 4. The highest BCUT2D eigenvalue weighted by atomic mass is 16.6. The van der Waals surface area contributed by atoms with Crippen molar-refractivity contribution in [3.05, 3.63) is 35.9 Å². The van der Waals surface area contributed by atoms with Crippen molar-refractivity contribution >= 4 is 23.8 Å². The van der Waals surface area contributed by atoms with E-state index in [1.54, 1.807) is 7.05 Å². The number of rotatable bonds is 7. The smallest absolute Gasteiger partial charge is 0.303 e. The van der Waals surface area contributed by atoms with Crippen molar-refractivity contribution in [3.8, 4) is 0 Å². The minimum atomic E-state index is -0.836. The maximum atomic E-state index is 12.3. The Bertz CT molecular complexity index is 923. The summed E-state index contributed by atoms with van der Waals surface area (Å²) in [6, 6.07) is 8.39. The Hall–Kier alpha value is -2.98. The number of likely N-dealkylation sites (N-methyl/N-ethyl adjacent to an activating group) is 1. The van der Waals surface area contributed by atoms with Crippen LogP contribution in [0, 0.1) is 0 Å². The van der Waals surface area contributed by atoms with Gasteiger partial charge in [0.05, 0.1) is 18.7 Å². The molecule has 1 amide bonds. The molecule has 10 nitrogen and oxygen atoms in total. The molecule has 0 aromatic heterocycles. The standard InChI is InChI=1S/C25H34N2O8/c1-15(28)26(5)21-11-20(33-16(2)29)12-27-13-22(32-14-19-9-7-6-8-10-19)25(35-18(4)31)23(27)24(21)34-17(3)30/h6-10,20-25H,11-14H2,1-5H3/t20-,21+,22+,23+,24-,25+/m0/s1. The molecule has 2 aliphatic rings. The van der Waals surface area contributed by atoms with E-state index < -0.39 is 54.4 Å². The predicted molar refractivity (Wildman–Crippen MR) is 124 cm³/mol. The average Bonchev–Trinajstić information content (AvgIpc) is 3.02. The molecule has 10 heteroatoms. The fourth-order valence-electron chi connectivity index (χ4n) is 4.98. The first-order chi connectivity index (χ1) is 16.6. The van der Waals surface area contributed by atoms with Crippen molar-refractivity contribution in [1.82, 2.24) is 9.80 Å². The van der Waals surface area contributed by atoms with E-state index in [4.69, 9.17) is 18.9 Å². The van der Waals surface area contributed by atoms with E-state index in [0.29, 0.717) is 19.7 Å². The summed E-state index contributed by atoms with van der Waals surface area (Å²) in [5.41, 5.74) is 0.958. The second-order valence-electron chi connectivity index (χ2n) is 9.09. The molecule has 2 heterocycles. The topological polar surface area (TPSA) is 112 Å². The van der Waals surface area contributed by atoms with Crippen molar-refractivity contribution < 1.29 is 38.1 Å². The number of hydrogen-bond acceptors (Lipinski definition) is 9. The lowest BCUT2D eigenvalue weighted by Crippen LogP contribution is -2.56. The summed E-state index contributed by atoms with van der Waals surface area (Å²) in [4.78, 5) is 51.9. The van der Waals surface area contributed by atoms with Crippen LogP contribution in [0.4, 0.5) is 0 Å². The molecular formula is C25H34N2O8. The average molecular weight is 491 g/mol. The lowest BCUT2D eigenvalue weighted by atomic mass is 9.94. The van der Waals surface area contributed by atoms with Gasteiger partial charge in [-0.1, -0.05) is 30.3 Å². The van der Waals surface area contributed by atoms with Gasteiger partial charge >= 0.3 is 17.9 Å². The maximum Gasteiger partial charge on any atom is 0.303 e. The summed E-state index contributed by atoms with van der Waals surface area (Å²) >= 11 is 0. The van der Waals surface area contributed by atoms with Crippen LogP contribution in [0.5, 0.6) is 0 Å². The van der Waals surface area contributed by atoms with Gasteiger partial charge in [0.25, 0.3) is 0 Å². The lowest BCUT2D eigenvalue weighted by molar-refractivity contribution is -0.167. The van der Waals surface area contributed by atoms with E-state index in [9.17, 15) is 19.2 Å². The van der Waals surface area contributed by atoms with E-state index in [-0.39, 0.29) is 12.3 Å². The number of hydrogen-bond donors (Lipinski definition) is 0. The number of esters is 3. The van der Waals surface area contributed by atoms with Gasteiger partial charge in [-0.15, -0.1) is 0 Å². The molecule has 0 unspecified atom stereocenters. The lowest BCUT2D eigenvalue weighted by Gasteiger charge is -2.38. The molecule has 0 radical (unpaired) electrons. The number of carbonyl (C=O) groups excluding carboxylic acids is 4. The molecule has 0 saturated carbocycles. The second-order valence-corrected chi connectivity index (χ2v) is 9.09. The molecule has 1 aromatic carbocycles. The zero-order chi connectivity index (χ0) is 25.7. The van der Waals surface area contributed by atoms with Gasteiger partial charge < -0.3 is 23.8 Å². The Morgan fingerprint density at radius 2 is 1.49 bits per heavy atom. The minimum Gasteiger partial charge on any atom is -0.461 e. The van der Waals surface area contributed by atoms with Gasteiger partial charge in [-0.05, 0) is 5.56 Å². The zero-order valence-electron chi connectivity index (χ0n) is 20.8. The van der Waals surface area contributed by atoms with Gasteiger partial charge in [0, 0.05) is 54.3 Å². The molecule has 2 saturated heterocycles. The minimum absolute atomic E-state index is 0.235. The van der Waals surface area contributed by atoms with Gasteiger partial charge in [-0.3, -0.25) is 24.1 Å². The first-order valence-corrected chi connectivity index (χ1v) is 11.7. The predicted octanol–water partition coefficient (Wildman–Crippen LogP) is 1.30. The van der Waals surface area contributed by atoms with Crippen LogP contribution in [0.1, 0.15) is 39.7 Å². The first kappa shape index (κ1) is 26.6. The van der Waals surface area contributed by atoms with Crippen molar-refractivity contribution in [3.63, 3.8) is 0 Å². The van der Waals surface area contributed by atoms with Gasteiger partial charge in [0.2, 0.25) is 5.91 Å². The van der Waals surface area contributed by atoms with Crippen molar-refractivity contribution in [2.24, 2.45) is 0 Å². The van der Waals surface area contributed by atoms with Gasteiger partial charge in [0.15, 0.2) is 0 Å². The first-order valence-electron chi connectivity index (χ1n) is 11.7. The Labute approximate surface area is 205 Å². The third-order valence-electron chi connectivity index (χ3n) is 6.44. The van der Waals surface area contributed by atoms with E-state index >= 15 is 0 Å². The van der Waals surface area contributed by atoms with Crippen LogP contribution in [-0.2, 0) is 44.7 Å². The number of amides is 1. The number of fused-ring (bicyclic) bond motifs is 1. The van der Waals surface area contributed by atoms with Crippen LogP contribution >= 0.6 is 0 Å². The largest absolute Gasteiger partial charge is 0.461 e. The summed E-state index contributed by atoms with van der Waals surface area (Å²) in [5.74, 6) is -1.71. The zero-order valence-corrected chi connectivity index (χ0v) is 20.8. The van der Waals surface area contributed by atoms with Gasteiger partial charge in [0.1, 0.15) is 24.4 Å². The van der Waals surface area contributed by atoms with E-state index in [1.165, 1.54) is 32.6 Å². The molecular weight excluding hydrogens is 456 g/mol. The molecule has 3 rings (SSSR count). The van der Waals surface area contributed by atoms with Crippen molar-refractivity contribution in [2.45, 2.75) is 77.2 Å². The summed E-state index contributed by atoms with van der Waals surface area (Å²) in [6.45, 7) is 6.32. The van der Waals surface area contributed by atoms with E-state index in [2.05, 4.69) is 0 Å². The highest BCUT2D eigenvalue weighted by molar-refractivity contribution is 5.73. The summed E-state index contributed by atoms with van der Waals surface area (Å²) in [5, 5.41) is 0. The Kier molecular flexibility index (Phi) is 8.85. The molecule has 35 heavy (non-hydrogen) atoms. The fourth-order valence-corrected chi connectivity index (χ4v) is 4.98. The molecule has 2 aliphatic heterocycles. The van der Waals surface area contributed by atoms with Crippen LogP contribution in [0.3, 0.4) is 0 Å². The molecule has 0 N–H and O–H groups in total. The van der Waals surface area contributed by atoms with Gasteiger partial charge in [-0.25, -0.2) is 0 Å². The van der Waals surface area contributed by atoms with Crippen LogP contribution in [0.15, 0.2) is 30.3 Å². The van der Waals surface area contributed by atoms with Crippen LogP contribution in [0.25, 0.3) is 0 Å². The van der Waals surface area contributed by atoms with E-state index in [0.717, 1.165) is 5.56 Å². The normalized spacial score (nSPS) is 28.4. The Morgan fingerprint density at radius 1 is 0.886 bits per heavy atom. The number of nitrogens with zero attached hydrogens (tertiary/aromatic N) is 2. The monoisotopic (exact) mass is 490 g/mol. The number of ether oxygens (including phenoxy) is 4. The Balaban J connectivity index is 1.99. The van der Waals surface area contributed by atoms with E-state index in [1.807, 2.05) is 35.2 Å². The third-order valence-corrected chi connectivity index (χ3v) is 6.44. The molecule has 0 spiro atoms. The van der Waals surface area contributed by atoms with Crippen LogP contribution in [0.2, 0.25) is 0 Å². The molecule has 6 atom stereocenters. The molecule has 2 fully saturated rings. The molecule has 1 aromatic rings. The Morgan fingerprint density at radius 3 is 2.06 bits per heavy atom. The molecule has 0 bridgehead atoms. The maximum absolute atomic E-state index is 12.3. The summed E-state index contributed by atoms with van der Waals surface area (Å²) < 4.78 is 23.3. The SMILES string of the molecule is CC(=O)O[C@H]1C[C@@H](N(C)C(C)=O)[C@H](OC(C)=O)[C@@H]2[C@H](OC(C)=O)[C@H](OCc3ccccc3)CN2C1. The second kappa shape index (κ2) is 11.6. The highest BCUT2D eigenvalue weighted by Crippen LogP contribution is 2.35. The van der Waals surface area contributed by atoms with Crippen molar-refractivity contribution in [1.29, 1.82) is 0 Å². The summed E-state index contributed by atoms with van der Waals surface area (Å²) in [7, 11) is 1.61. The highest BCUT2D eigenvalue weighted by Gasteiger charge is 2.55. The summed E-state index contributed by atoms with van der Waals surface area (Å²) in [6.07, 6.45) is -2.42. The fraction of sp³-hybridized carbons (Fsp3) is 0.600. The quantitative estimate of drug-likeness (QED) is 0.412.